The summed E-state index contributed by atoms with van der Waals surface area (Å²) < 4.78 is 7.00. The van der Waals surface area contributed by atoms with E-state index in [1.807, 2.05) is 13.0 Å². The maximum atomic E-state index is 12.3. The van der Waals surface area contributed by atoms with E-state index in [1.165, 1.54) is 0 Å². The number of nitrogens with zero attached hydrogens (tertiary/aromatic N) is 2. The van der Waals surface area contributed by atoms with Gasteiger partial charge in [-0.1, -0.05) is 12.1 Å². The van der Waals surface area contributed by atoms with Crippen LogP contribution < -0.4 is 10.5 Å². The second kappa shape index (κ2) is 5.67. The molecule has 0 fully saturated rings. The van der Waals surface area contributed by atoms with Crippen LogP contribution in [0.1, 0.15) is 28.9 Å². The standard InChI is InChI=1S/C14H17N3O2/c1-3-19-12-6-4-5-10(7-12)14(18)13(15)11-8-16-17(2)9-11/h4-9,13H,3,15H2,1-2H3. The quantitative estimate of drug-likeness (QED) is 0.830. The highest BCUT2D eigenvalue weighted by Gasteiger charge is 2.19. The molecule has 5 nitrogen and oxygen atoms in total. The lowest BCUT2D eigenvalue weighted by atomic mass is 10.0. The maximum absolute atomic E-state index is 12.3. The number of nitrogens with two attached hydrogens (primary N) is 1. The van der Waals surface area contributed by atoms with Crippen LogP contribution in [0.4, 0.5) is 0 Å². The number of Topliss-reactive ketones (excluding diaryl/α,β-unsaturated/α-hetero) is 1. The van der Waals surface area contributed by atoms with E-state index in [1.54, 1.807) is 42.3 Å². The van der Waals surface area contributed by atoms with E-state index < -0.39 is 6.04 Å². The molecule has 0 aliphatic rings. The van der Waals surface area contributed by atoms with Crippen molar-refractivity contribution in [1.29, 1.82) is 0 Å². The summed E-state index contributed by atoms with van der Waals surface area (Å²) >= 11 is 0. The normalized spacial score (nSPS) is 12.2. The van der Waals surface area contributed by atoms with Crippen LogP contribution in [0, 0.1) is 0 Å². The van der Waals surface area contributed by atoms with E-state index in [0.717, 1.165) is 0 Å². The molecule has 100 valence electrons. The first kappa shape index (κ1) is 13.3. The van der Waals surface area contributed by atoms with Gasteiger partial charge in [0.2, 0.25) is 0 Å². The van der Waals surface area contributed by atoms with Gasteiger partial charge < -0.3 is 10.5 Å². The first-order valence-electron chi connectivity index (χ1n) is 6.13. The van der Waals surface area contributed by atoms with Gasteiger partial charge >= 0.3 is 0 Å². The molecule has 0 saturated carbocycles. The van der Waals surface area contributed by atoms with Gasteiger partial charge in [-0.2, -0.15) is 5.10 Å². The maximum Gasteiger partial charge on any atom is 0.184 e. The van der Waals surface area contributed by atoms with Crippen LogP contribution in [0.15, 0.2) is 36.7 Å². The topological polar surface area (TPSA) is 70.1 Å². The van der Waals surface area contributed by atoms with Gasteiger partial charge in [-0.3, -0.25) is 9.48 Å². The highest BCUT2D eigenvalue weighted by Crippen LogP contribution is 2.19. The van der Waals surface area contributed by atoms with Gasteiger partial charge in [0.25, 0.3) is 0 Å². The zero-order chi connectivity index (χ0) is 13.8. The Balaban J connectivity index is 2.21. The number of ketones is 1. The van der Waals surface area contributed by atoms with Crippen molar-refractivity contribution in [3.05, 3.63) is 47.8 Å². The molecule has 1 atom stereocenters. The SMILES string of the molecule is CCOc1cccc(C(=O)C(N)c2cnn(C)c2)c1. The van der Waals surface area contributed by atoms with Crippen LogP contribution >= 0.6 is 0 Å². The summed E-state index contributed by atoms with van der Waals surface area (Å²) in [6, 6.07) is 6.35. The zero-order valence-electron chi connectivity index (χ0n) is 11.0. The summed E-state index contributed by atoms with van der Waals surface area (Å²) in [7, 11) is 1.79. The molecule has 1 unspecified atom stereocenters. The molecule has 0 bridgehead atoms. The van der Waals surface area contributed by atoms with Crippen LogP contribution in [0.5, 0.6) is 5.75 Å². The Hall–Kier alpha value is -2.14. The Bertz CT molecular complexity index is 578. The minimum Gasteiger partial charge on any atom is -0.494 e. The molecule has 5 heteroatoms. The van der Waals surface area contributed by atoms with E-state index >= 15 is 0 Å². The number of benzene rings is 1. The van der Waals surface area contributed by atoms with E-state index in [2.05, 4.69) is 5.10 Å². The van der Waals surface area contributed by atoms with E-state index in [-0.39, 0.29) is 5.78 Å². The molecular formula is C14H17N3O2. The van der Waals surface area contributed by atoms with Gasteiger partial charge in [-0.25, -0.2) is 0 Å². The lowest BCUT2D eigenvalue weighted by Crippen LogP contribution is -2.21. The molecule has 0 amide bonds. The van der Waals surface area contributed by atoms with Gasteiger partial charge in [-0.15, -0.1) is 0 Å². The summed E-state index contributed by atoms with van der Waals surface area (Å²) in [5.41, 5.74) is 7.21. The summed E-state index contributed by atoms with van der Waals surface area (Å²) in [4.78, 5) is 12.3. The molecule has 0 saturated heterocycles. The summed E-state index contributed by atoms with van der Waals surface area (Å²) in [6.45, 7) is 2.46. The monoisotopic (exact) mass is 259 g/mol. The fraction of sp³-hybridized carbons (Fsp3) is 0.286. The Kier molecular flexibility index (Phi) is 3.97. The van der Waals surface area contributed by atoms with Crippen molar-refractivity contribution in [3.8, 4) is 5.75 Å². The molecule has 2 rings (SSSR count). The zero-order valence-corrected chi connectivity index (χ0v) is 11.0. The van der Waals surface area contributed by atoms with Crippen molar-refractivity contribution < 1.29 is 9.53 Å². The summed E-state index contributed by atoms with van der Waals surface area (Å²) in [6.07, 6.45) is 3.35. The lowest BCUT2D eigenvalue weighted by molar-refractivity contribution is 0.0961. The average molecular weight is 259 g/mol. The fourth-order valence-corrected chi connectivity index (χ4v) is 1.84. The van der Waals surface area contributed by atoms with Crippen molar-refractivity contribution >= 4 is 5.78 Å². The van der Waals surface area contributed by atoms with E-state index in [9.17, 15) is 4.79 Å². The predicted molar refractivity (Wildman–Crippen MR) is 72.1 cm³/mol. The summed E-state index contributed by atoms with van der Waals surface area (Å²) in [5, 5.41) is 4.02. The molecule has 0 aliphatic heterocycles. The number of aromatic nitrogens is 2. The lowest BCUT2D eigenvalue weighted by Gasteiger charge is -2.10. The molecule has 19 heavy (non-hydrogen) atoms. The predicted octanol–water partition coefficient (Wildman–Crippen LogP) is 1.70. The third-order valence-electron chi connectivity index (χ3n) is 2.80. The van der Waals surface area contributed by atoms with Crippen molar-refractivity contribution in [1.82, 2.24) is 9.78 Å². The van der Waals surface area contributed by atoms with Crippen molar-refractivity contribution in [3.63, 3.8) is 0 Å². The number of hydrogen-bond acceptors (Lipinski definition) is 4. The number of carbonyl (C=O) groups excluding carboxylic acids is 1. The number of carbonyl (C=O) groups is 1. The molecule has 1 heterocycles. The first-order chi connectivity index (χ1) is 9.11. The average Bonchev–Trinajstić information content (AvgIpc) is 2.84. The Labute approximate surface area is 112 Å². The Morgan fingerprint density at radius 2 is 2.32 bits per heavy atom. The molecule has 0 aliphatic carbocycles. The molecular weight excluding hydrogens is 242 g/mol. The van der Waals surface area contributed by atoms with Gasteiger partial charge in [0, 0.05) is 24.4 Å². The second-order valence-corrected chi connectivity index (χ2v) is 4.25. The highest BCUT2D eigenvalue weighted by molar-refractivity contribution is 6.00. The fourth-order valence-electron chi connectivity index (χ4n) is 1.84. The van der Waals surface area contributed by atoms with E-state index in [0.29, 0.717) is 23.5 Å². The number of aryl methyl sites for hydroxylation is 1. The minimum atomic E-state index is -0.703. The van der Waals surface area contributed by atoms with Crippen LogP contribution in [-0.4, -0.2) is 22.2 Å². The molecule has 1 aromatic carbocycles. The second-order valence-electron chi connectivity index (χ2n) is 4.25. The van der Waals surface area contributed by atoms with Gasteiger partial charge in [0.05, 0.1) is 18.8 Å². The van der Waals surface area contributed by atoms with Crippen LogP contribution in [0.2, 0.25) is 0 Å². The number of rotatable bonds is 5. The van der Waals surface area contributed by atoms with Crippen LogP contribution in [-0.2, 0) is 7.05 Å². The minimum absolute atomic E-state index is 0.144. The largest absolute Gasteiger partial charge is 0.494 e. The molecule has 2 aromatic rings. The van der Waals surface area contributed by atoms with Crippen molar-refractivity contribution in [2.75, 3.05) is 6.61 Å². The molecule has 2 N–H and O–H groups in total. The summed E-state index contributed by atoms with van der Waals surface area (Å²) in [5.74, 6) is 0.529. The smallest absolute Gasteiger partial charge is 0.184 e. The Morgan fingerprint density at radius 3 is 2.95 bits per heavy atom. The third-order valence-corrected chi connectivity index (χ3v) is 2.80. The molecule has 0 radical (unpaired) electrons. The van der Waals surface area contributed by atoms with Crippen molar-refractivity contribution in [2.24, 2.45) is 12.8 Å². The van der Waals surface area contributed by atoms with Crippen LogP contribution in [0.25, 0.3) is 0 Å². The van der Waals surface area contributed by atoms with E-state index in [4.69, 9.17) is 10.5 Å². The Morgan fingerprint density at radius 1 is 1.53 bits per heavy atom. The number of ether oxygens (including phenoxy) is 1. The van der Waals surface area contributed by atoms with Crippen LogP contribution in [0.3, 0.4) is 0 Å². The van der Waals surface area contributed by atoms with Gasteiger partial charge in [0.15, 0.2) is 5.78 Å². The first-order valence-corrected chi connectivity index (χ1v) is 6.13. The van der Waals surface area contributed by atoms with Crippen molar-refractivity contribution in [2.45, 2.75) is 13.0 Å². The molecule has 1 aromatic heterocycles. The third kappa shape index (κ3) is 3.00. The number of hydrogen-bond donors (Lipinski definition) is 1. The van der Waals surface area contributed by atoms with Gasteiger partial charge in [-0.05, 0) is 19.1 Å². The van der Waals surface area contributed by atoms with Gasteiger partial charge in [0.1, 0.15) is 5.75 Å². The molecule has 0 spiro atoms. The highest BCUT2D eigenvalue weighted by atomic mass is 16.5.